The van der Waals surface area contributed by atoms with Crippen molar-refractivity contribution >= 4 is 27.5 Å². The molecule has 0 aliphatic rings. The normalized spacial score (nSPS) is 12.3. The lowest BCUT2D eigenvalue weighted by Gasteiger charge is -2.35. The summed E-state index contributed by atoms with van der Waals surface area (Å²) in [7, 11) is -4.19. The van der Waals surface area contributed by atoms with Gasteiger partial charge in [0, 0.05) is 18.5 Å². The molecule has 0 aliphatic heterocycles. The van der Waals surface area contributed by atoms with E-state index in [1.165, 1.54) is 29.2 Å². The molecule has 2 amide bonds. The second kappa shape index (κ2) is 14.5. The molecule has 4 aromatic rings. The third kappa shape index (κ3) is 8.79. The van der Waals surface area contributed by atoms with Gasteiger partial charge in [-0.3, -0.25) is 13.9 Å². The van der Waals surface area contributed by atoms with Gasteiger partial charge < -0.3 is 10.2 Å². The van der Waals surface area contributed by atoms with Gasteiger partial charge in [0.1, 0.15) is 18.4 Å². The van der Waals surface area contributed by atoms with E-state index in [0.29, 0.717) is 17.7 Å². The summed E-state index contributed by atoms with van der Waals surface area (Å²) < 4.78 is 43.3. The van der Waals surface area contributed by atoms with Gasteiger partial charge in [0.25, 0.3) is 10.0 Å². The third-order valence-electron chi connectivity index (χ3n) is 7.29. The van der Waals surface area contributed by atoms with E-state index in [4.69, 9.17) is 0 Å². The van der Waals surface area contributed by atoms with Crippen molar-refractivity contribution in [1.82, 2.24) is 10.2 Å². The first kappa shape index (κ1) is 33.4. The fourth-order valence-electron chi connectivity index (χ4n) is 5.08. The van der Waals surface area contributed by atoms with Crippen molar-refractivity contribution in [3.63, 3.8) is 0 Å². The van der Waals surface area contributed by atoms with E-state index >= 15 is 0 Å². The van der Waals surface area contributed by atoms with Crippen molar-refractivity contribution in [3.05, 3.63) is 132 Å². The van der Waals surface area contributed by atoms with E-state index in [1.807, 2.05) is 70.2 Å². The highest BCUT2D eigenvalue weighted by Gasteiger charge is 2.36. The molecule has 9 heteroatoms. The van der Waals surface area contributed by atoms with Gasteiger partial charge in [-0.05, 0) is 74.2 Å². The minimum absolute atomic E-state index is 0.0389. The second-order valence-corrected chi connectivity index (χ2v) is 13.8. The lowest BCUT2D eigenvalue weighted by molar-refractivity contribution is -0.140. The van der Waals surface area contributed by atoms with Gasteiger partial charge in [-0.1, -0.05) is 85.8 Å². The highest BCUT2D eigenvalue weighted by Crippen LogP contribution is 2.28. The fourth-order valence-corrected chi connectivity index (χ4v) is 6.55. The number of rotatable bonds is 12. The van der Waals surface area contributed by atoms with Crippen molar-refractivity contribution in [2.45, 2.75) is 63.6 Å². The quantitative estimate of drug-likeness (QED) is 0.204. The fraction of sp³-hybridized carbons (Fsp3) is 0.278. The summed E-state index contributed by atoms with van der Waals surface area (Å²) in [5.41, 5.74) is 1.96. The lowest BCUT2D eigenvalue weighted by Crippen LogP contribution is -2.56. The second-order valence-electron chi connectivity index (χ2n) is 11.9. The van der Waals surface area contributed by atoms with Gasteiger partial charge in [-0.25, -0.2) is 12.8 Å². The standard InChI is InChI=1S/C36H40FN3O4S/c1-5-29-16-12-13-19-32(29)40(45(43,44)31-17-10-7-11-18-31)26-34(41)39(25-28-20-22-30(37)23-21-28)33(35(42)38-36(2,3)4)24-27-14-8-6-9-15-27/h6-23,33H,5,24-26H2,1-4H3,(H,38,42)/t33-/m1/s1. The number of para-hydroxylation sites is 1. The van der Waals surface area contributed by atoms with Crippen LogP contribution in [-0.4, -0.2) is 43.3 Å². The van der Waals surface area contributed by atoms with Crippen molar-refractivity contribution in [3.8, 4) is 0 Å². The van der Waals surface area contributed by atoms with Gasteiger partial charge in [0.2, 0.25) is 11.8 Å². The van der Waals surface area contributed by atoms with Crippen LogP contribution in [0.4, 0.5) is 10.1 Å². The summed E-state index contributed by atoms with van der Waals surface area (Å²) in [6, 6.07) is 29.1. The molecule has 0 spiro atoms. The van der Waals surface area contributed by atoms with Gasteiger partial charge in [-0.15, -0.1) is 0 Å². The van der Waals surface area contributed by atoms with Crippen LogP contribution in [0.25, 0.3) is 0 Å². The topological polar surface area (TPSA) is 86.8 Å². The van der Waals surface area contributed by atoms with Gasteiger partial charge in [0.05, 0.1) is 10.6 Å². The van der Waals surface area contributed by atoms with E-state index in [-0.39, 0.29) is 23.8 Å². The Labute approximate surface area is 265 Å². The van der Waals surface area contributed by atoms with Crippen LogP contribution in [0.1, 0.15) is 44.4 Å². The summed E-state index contributed by atoms with van der Waals surface area (Å²) in [4.78, 5) is 29.9. The smallest absolute Gasteiger partial charge is 0.264 e. The van der Waals surface area contributed by atoms with E-state index in [9.17, 15) is 22.4 Å². The average Bonchev–Trinajstić information content (AvgIpc) is 3.02. The Bertz CT molecular complexity index is 1690. The number of halogens is 1. The zero-order valence-corrected chi connectivity index (χ0v) is 26.9. The van der Waals surface area contributed by atoms with Crippen LogP contribution in [0.5, 0.6) is 0 Å². The summed E-state index contributed by atoms with van der Waals surface area (Å²) >= 11 is 0. The first-order chi connectivity index (χ1) is 21.4. The van der Waals surface area contributed by atoms with Crippen molar-refractivity contribution < 1.29 is 22.4 Å². The minimum Gasteiger partial charge on any atom is -0.350 e. The van der Waals surface area contributed by atoms with E-state index in [2.05, 4.69) is 5.32 Å². The van der Waals surface area contributed by atoms with Crippen molar-refractivity contribution in [1.29, 1.82) is 0 Å². The monoisotopic (exact) mass is 629 g/mol. The minimum atomic E-state index is -4.19. The molecule has 7 nitrogen and oxygen atoms in total. The van der Waals surface area contributed by atoms with Crippen LogP contribution in [0, 0.1) is 5.82 Å². The zero-order chi connectivity index (χ0) is 32.6. The molecule has 4 aromatic carbocycles. The number of sulfonamides is 1. The van der Waals surface area contributed by atoms with Crippen LogP contribution >= 0.6 is 0 Å². The molecule has 0 unspecified atom stereocenters. The van der Waals surface area contributed by atoms with E-state index in [0.717, 1.165) is 15.4 Å². The van der Waals surface area contributed by atoms with Crippen LogP contribution in [0.2, 0.25) is 0 Å². The zero-order valence-electron chi connectivity index (χ0n) is 26.1. The number of benzene rings is 4. The van der Waals surface area contributed by atoms with Crippen LogP contribution < -0.4 is 9.62 Å². The predicted octanol–water partition coefficient (Wildman–Crippen LogP) is 6.14. The molecule has 0 radical (unpaired) electrons. The average molecular weight is 630 g/mol. The van der Waals surface area contributed by atoms with Gasteiger partial charge in [-0.2, -0.15) is 0 Å². The largest absolute Gasteiger partial charge is 0.350 e. The van der Waals surface area contributed by atoms with Crippen molar-refractivity contribution in [2.75, 3.05) is 10.8 Å². The molecule has 4 rings (SSSR count). The number of carbonyl (C=O) groups excluding carboxylic acids is 2. The first-order valence-electron chi connectivity index (χ1n) is 14.9. The van der Waals surface area contributed by atoms with Gasteiger partial charge in [0.15, 0.2) is 0 Å². The summed E-state index contributed by atoms with van der Waals surface area (Å²) in [5, 5.41) is 3.00. The molecule has 0 fully saturated rings. The number of anilines is 1. The Morgan fingerprint density at radius 2 is 1.38 bits per heavy atom. The predicted molar refractivity (Wildman–Crippen MR) is 176 cm³/mol. The molecule has 1 atom stereocenters. The maximum atomic E-state index is 14.5. The Balaban J connectivity index is 1.83. The van der Waals surface area contributed by atoms with Crippen LogP contribution in [-0.2, 0) is 39.0 Å². The Kier molecular flexibility index (Phi) is 10.8. The number of aryl methyl sites for hydroxylation is 1. The molecule has 1 N–H and O–H groups in total. The van der Waals surface area contributed by atoms with Crippen molar-refractivity contribution in [2.24, 2.45) is 0 Å². The Hall–Kier alpha value is -4.50. The maximum absolute atomic E-state index is 14.5. The SMILES string of the molecule is CCc1ccccc1N(CC(=O)N(Cc1ccc(F)cc1)[C@H](Cc1ccccc1)C(=O)NC(C)(C)C)S(=O)(=O)c1ccccc1. The number of hydrogen-bond acceptors (Lipinski definition) is 4. The van der Waals surface area contributed by atoms with Crippen LogP contribution in [0.3, 0.4) is 0 Å². The summed E-state index contributed by atoms with van der Waals surface area (Å²) in [6.45, 7) is 6.89. The number of nitrogens with one attached hydrogen (secondary N) is 1. The molecule has 0 saturated carbocycles. The molecule has 236 valence electrons. The molecule has 45 heavy (non-hydrogen) atoms. The number of amides is 2. The highest BCUT2D eigenvalue weighted by atomic mass is 32.2. The molecule has 0 heterocycles. The maximum Gasteiger partial charge on any atom is 0.264 e. The van der Waals surface area contributed by atoms with Gasteiger partial charge >= 0.3 is 0 Å². The molecular weight excluding hydrogens is 589 g/mol. The van der Waals surface area contributed by atoms with Crippen LogP contribution in [0.15, 0.2) is 114 Å². The summed E-state index contributed by atoms with van der Waals surface area (Å²) in [5.74, 6) is -1.39. The molecule has 0 bridgehead atoms. The molecular formula is C36H40FN3O4S. The third-order valence-corrected chi connectivity index (χ3v) is 9.06. The molecule has 0 saturated heterocycles. The number of hydrogen-bond donors (Lipinski definition) is 1. The molecule has 0 aromatic heterocycles. The lowest BCUT2D eigenvalue weighted by atomic mass is 10.0. The van der Waals surface area contributed by atoms with E-state index < -0.39 is 39.9 Å². The highest BCUT2D eigenvalue weighted by molar-refractivity contribution is 7.92. The molecule has 0 aliphatic carbocycles. The first-order valence-corrected chi connectivity index (χ1v) is 16.4. The Morgan fingerprint density at radius 1 is 0.800 bits per heavy atom. The van der Waals surface area contributed by atoms with E-state index in [1.54, 1.807) is 42.5 Å². The number of nitrogens with zero attached hydrogens (tertiary/aromatic N) is 2. The number of carbonyl (C=O) groups is 2. The Morgan fingerprint density at radius 3 is 1.98 bits per heavy atom. The summed E-state index contributed by atoms with van der Waals surface area (Å²) in [6.07, 6.45) is 0.724.